The van der Waals surface area contributed by atoms with Crippen LogP contribution in [0, 0.1) is 6.92 Å². The molecule has 0 aliphatic carbocycles. The average Bonchev–Trinajstić information content (AvgIpc) is 2.85. The fourth-order valence-electron chi connectivity index (χ4n) is 1.50. The molecule has 0 bridgehead atoms. The van der Waals surface area contributed by atoms with Crippen LogP contribution in [-0.4, -0.2) is 38.8 Å². The molecule has 2 aromatic heterocycles. The first kappa shape index (κ1) is 14.4. The largest absolute Gasteiger partial charge is 0.477 e. The van der Waals surface area contributed by atoms with Gasteiger partial charge in [0.2, 0.25) is 5.89 Å². The van der Waals surface area contributed by atoms with Gasteiger partial charge in [-0.15, -0.1) is 0 Å². The molecule has 3 N–H and O–H groups in total. The topological polar surface area (TPSA) is 130 Å². The first-order valence-electron chi connectivity index (χ1n) is 6.08. The molecule has 0 saturated heterocycles. The molecule has 0 saturated carbocycles. The standard InChI is InChI=1S/C12H13N5O4/c1-7-15-10(17-21-7)4-5-13-12(20)16-8-2-3-9(11(18)19)14-6-8/h2-3,6H,4-5H2,1H3,(H,18,19)(H2,13,16,20). The minimum Gasteiger partial charge on any atom is -0.477 e. The Labute approximate surface area is 119 Å². The van der Waals surface area contributed by atoms with Crippen molar-refractivity contribution in [1.29, 1.82) is 0 Å². The Bertz CT molecular complexity index is 637. The Morgan fingerprint density at radius 2 is 2.19 bits per heavy atom. The van der Waals surface area contributed by atoms with Crippen LogP contribution in [0.4, 0.5) is 10.5 Å². The number of urea groups is 1. The predicted octanol–water partition coefficient (Wildman–Crippen LogP) is 0.835. The van der Waals surface area contributed by atoms with Gasteiger partial charge in [0.25, 0.3) is 0 Å². The first-order chi connectivity index (χ1) is 10.0. The summed E-state index contributed by atoms with van der Waals surface area (Å²) in [4.78, 5) is 29.9. The Balaban J connectivity index is 1.77. The summed E-state index contributed by atoms with van der Waals surface area (Å²) in [5.41, 5.74) is 0.307. The number of hydrogen-bond donors (Lipinski definition) is 3. The van der Waals surface area contributed by atoms with E-state index in [2.05, 4.69) is 25.8 Å². The summed E-state index contributed by atoms with van der Waals surface area (Å²) in [7, 11) is 0. The van der Waals surface area contributed by atoms with Crippen LogP contribution in [-0.2, 0) is 6.42 Å². The van der Waals surface area contributed by atoms with E-state index in [0.717, 1.165) is 0 Å². The van der Waals surface area contributed by atoms with E-state index in [1.54, 1.807) is 6.92 Å². The maximum absolute atomic E-state index is 11.6. The molecule has 2 aromatic rings. The lowest BCUT2D eigenvalue weighted by molar-refractivity contribution is 0.0690. The molecular formula is C12H13N5O4. The van der Waals surface area contributed by atoms with Crippen molar-refractivity contribution in [3.8, 4) is 0 Å². The summed E-state index contributed by atoms with van der Waals surface area (Å²) in [6, 6.07) is 2.33. The van der Waals surface area contributed by atoms with E-state index in [-0.39, 0.29) is 5.69 Å². The van der Waals surface area contributed by atoms with Gasteiger partial charge in [0.05, 0.1) is 11.9 Å². The number of carbonyl (C=O) groups is 2. The van der Waals surface area contributed by atoms with E-state index in [1.165, 1.54) is 18.3 Å². The summed E-state index contributed by atoms with van der Waals surface area (Å²) in [5.74, 6) is -0.138. The quantitative estimate of drug-likeness (QED) is 0.743. The summed E-state index contributed by atoms with van der Waals surface area (Å²) < 4.78 is 4.80. The zero-order valence-corrected chi connectivity index (χ0v) is 11.2. The Morgan fingerprint density at radius 3 is 2.76 bits per heavy atom. The zero-order valence-electron chi connectivity index (χ0n) is 11.2. The highest BCUT2D eigenvalue weighted by atomic mass is 16.5. The van der Waals surface area contributed by atoms with Crippen LogP contribution in [0.5, 0.6) is 0 Å². The first-order valence-corrected chi connectivity index (χ1v) is 6.08. The Morgan fingerprint density at radius 1 is 1.38 bits per heavy atom. The summed E-state index contributed by atoms with van der Waals surface area (Å²) in [6.07, 6.45) is 1.71. The maximum atomic E-state index is 11.6. The highest BCUT2D eigenvalue weighted by Gasteiger charge is 2.07. The van der Waals surface area contributed by atoms with Crippen LogP contribution < -0.4 is 10.6 Å². The number of carboxylic acid groups (broad SMARTS) is 1. The number of rotatable bonds is 5. The van der Waals surface area contributed by atoms with E-state index in [4.69, 9.17) is 9.63 Å². The van der Waals surface area contributed by atoms with Crippen molar-refractivity contribution in [2.45, 2.75) is 13.3 Å². The Hall–Kier alpha value is -2.97. The number of hydrogen-bond acceptors (Lipinski definition) is 6. The number of pyridine rings is 1. The number of nitrogens with one attached hydrogen (secondary N) is 2. The molecule has 2 rings (SSSR count). The number of nitrogens with zero attached hydrogens (tertiary/aromatic N) is 3. The number of aromatic carboxylic acids is 1. The Kier molecular flexibility index (Phi) is 4.44. The van der Waals surface area contributed by atoms with Gasteiger partial charge in [-0.25, -0.2) is 14.6 Å². The van der Waals surface area contributed by atoms with E-state index in [1.807, 2.05) is 0 Å². The maximum Gasteiger partial charge on any atom is 0.354 e. The SMILES string of the molecule is Cc1nc(CCNC(=O)Nc2ccc(C(=O)O)nc2)no1. The summed E-state index contributed by atoms with van der Waals surface area (Å²) in [6.45, 7) is 2.02. The zero-order chi connectivity index (χ0) is 15.2. The fourth-order valence-corrected chi connectivity index (χ4v) is 1.50. The van der Waals surface area contributed by atoms with Gasteiger partial charge in [-0.1, -0.05) is 5.16 Å². The van der Waals surface area contributed by atoms with E-state index >= 15 is 0 Å². The highest BCUT2D eigenvalue weighted by molar-refractivity contribution is 5.90. The molecule has 0 atom stereocenters. The minimum absolute atomic E-state index is 0.0894. The second-order valence-corrected chi connectivity index (χ2v) is 4.10. The van der Waals surface area contributed by atoms with Gasteiger partial charge in [0, 0.05) is 19.9 Å². The molecule has 0 spiro atoms. The smallest absolute Gasteiger partial charge is 0.354 e. The minimum atomic E-state index is -1.12. The molecule has 0 aliphatic rings. The molecule has 9 heteroatoms. The molecular weight excluding hydrogens is 278 g/mol. The van der Waals surface area contributed by atoms with Crippen molar-refractivity contribution in [1.82, 2.24) is 20.4 Å². The molecule has 9 nitrogen and oxygen atoms in total. The third-order valence-electron chi connectivity index (χ3n) is 2.44. The van der Waals surface area contributed by atoms with Gasteiger partial charge >= 0.3 is 12.0 Å². The van der Waals surface area contributed by atoms with Crippen molar-refractivity contribution < 1.29 is 19.2 Å². The van der Waals surface area contributed by atoms with Crippen molar-refractivity contribution in [2.75, 3.05) is 11.9 Å². The van der Waals surface area contributed by atoms with Crippen molar-refractivity contribution in [3.63, 3.8) is 0 Å². The fraction of sp³-hybridized carbons (Fsp3) is 0.250. The highest BCUT2D eigenvalue weighted by Crippen LogP contribution is 2.05. The van der Waals surface area contributed by atoms with Crippen molar-refractivity contribution >= 4 is 17.7 Å². The van der Waals surface area contributed by atoms with Gasteiger partial charge in [-0.3, -0.25) is 0 Å². The van der Waals surface area contributed by atoms with Crippen LogP contribution in [0.15, 0.2) is 22.9 Å². The summed E-state index contributed by atoms with van der Waals surface area (Å²) >= 11 is 0. The number of amides is 2. The lowest BCUT2D eigenvalue weighted by Gasteiger charge is -2.06. The molecule has 110 valence electrons. The molecule has 0 unspecified atom stereocenters. The van der Waals surface area contributed by atoms with Crippen LogP contribution in [0.25, 0.3) is 0 Å². The monoisotopic (exact) mass is 291 g/mol. The third kappa shape index (κ3) is 4.27. The predicted molar refractivity (Wildman–Crippen MR) is 71.0 cm³/mol. The second kappa shape index (κ2) is 6.46. The van der Waals surface area contributed by atoms with Crippen molar-refractivity contribution in [3.05, 3.63) is 35.7 Å². The third-order valence-corrected chi connectivity index (χ3v) is 2.44. The lowest BCUT2D eigenvalue weighted by Crippen LogP contribution is -2.30. The van der Waals surface area contributed by atoms with Gasteiger partial charge < -0.3 is 20.3 Å². The number of carbonyl (C=O) groups excluding carboxylic acids is 1. The molecule has 0 fully saturated rings. The van der Waals surface area contributed by atoms with Crippen LogP contribution in [0.1, 0.15) is 22.2 Å². The van der Waals surface area contributed by atoms with Gasteiger partial charge in [-0.2, -0.15) is 4.98 Å². The molecule has 0 radical (unpaired) electrons. The molecule has 2 heterocycles. The molecule has 21 heavy (non-hydrogen) atoms. The molecule has 2 amide bonds. The summed E-state index contributed by atoms with van der Waals surface area (Å²) in [5, 5.41) is 17.5. The molecule has 0 aliphatic heterocycles. The molecule has 0 aromatic carbocycles. The number of aryl methyl sites for hydroxylation is 1. The number of anilines is 1. The van der Waals surface area contributed by atoms with Gasteiger partial charge in [-0.05, 0) is 12.1 Å². The second-order valence-electron chi connectivity index (χ2n) is 4.10. The number of aromatic nitrogens is 3. The van der Waals surface area contributed by atoms with E-state index < -0.39 is 12.0 Å². The van der Waals surface area contributed by atoms with Gasteiger partial charge in [0.15, 0.2) is 5.82 Å². The number of carboxylic acids is 1. The van der Waals surface area contributed by atoms with Crippen molar-refractivity contribution in [2.24, 2.45) is 0 Å². The van der Waals surface area contributed by atoms with Gasteiger partial charge in [0.1, 0.15) is 5.69 Å². The average molecular weight is 291 g/mol. The van der Waals surface area contributed by atoms with Crippen LogP contribution in [0.3, 0.4) is 0 Å². The normalized spacial score (nSPS) is 10.1. The van der Waals surface area contributed by atoms with Crippen LogP contribution >= 0.6 is 0 Å². The van der Waals surface area contributed by atoms with E-state index in [9.17, 15) is 9.59 Å². The van der Waals surface area contributed by atoms with E-state index in [0.29, 0.717) is 30.4 Å². The lowest BCUT2D eigenvalue weighted by atomic mass is 10.3. The van der Waals surface area contributed by atoms with Crippen LogP contribution in [0.2, 0.25) is 0 Å².